The highest BCUT2D eigenvalue weighted by Gasteiger charge is 2.33. The molecule has 0 aliphatic rings. The molecule has 0 bridgehead atoms. The molecule has 158 valence electrons. The van der Waals surface area contributed by atoms with Crippen molar-refractivity contribution in [1.82, 2.24) is 4.90 Å². The van der Waals surface area contributed by atoms with Gasteiger partial charge in [-0.3, -0.25) is 14.3 Å². The van der Waals surface area contributed by atoms with Crippen LogP contribution in [0.25, 0.3) is 0 Å². The van der Waals surface area contributed by atoms with Gasteiger partial charge in [-0.05, 0) is 12.5 Å². The number of ether oxygens (including phenoxy) is 2. The largest absolute Gasteiger partial charge is 0.465 e. The molecule has 1 rings (SSSR count). The number of carbonyl (C=O) groups is 2. The number of hydrogen-bond donors (Lipinski definition) is 0. The van der Waals surface area contributed by atoms with Gasteiger partial charge in [0.05, 0.1) is 12.9 Å². The summed E-state index contributed by atoms with van der Waals surface area (Å²) in [7, 11) is 0. The van der Waals surface area contributed by atoms with E-state index in [2.05, 4.69) is 0 Å². The molecule has 1 amide bonds. The standard InChI is InChI=1S/C19H30NO5PS2/c1-6-24-18(21)12-20(14-26(23,27-15(2)3)28-16(4)5)19(22)25-13-17-10-8-7-9-11-17/h7-11,15-16H,6,12-14H2,1-5H3. The zero-order chi connectivity index (χ0) is 21.2. The summed E-state index contributed by atoms with van der Waals surface area (Å²) in [5.74, 6) is -0.546. The highest BCUT2D eigenvalue weighted by atomic mass is 33.1. The molecule has 0 atom stereocenters. The first kappa shape index (κ1) is 24.9. The average Bonchev–Trinajstić information content (AvgIpc) is 2.58. The molecule has 28 heavy (non-hydrogen) atoms. The van der Waals surface area contributed by atoms with E-state index < -0.39 is 17.6 Å². The molecule has 0 heterocycles. The Bertz CT molecular complexity index is 656. The predicted octanol–water partition coefficient (Wildman–Crippen LogP) is 5.62. The Morgan fingerprint density at radius 1 is 1.04 bits per heavy atom. The van der Waals surface area contributed by atoms with E-state index >= 15 is 0 Å². The minimum absolute atomic E-state index is 0.0505. The molecule has 1 aromatic rings. The van der Waals surface area contributed by atoms with Crippen LogP contribution in [0.2, 0.25) is 0 Å². The van der Waals surface area contributed by atoms with Gasteiger partial charge >= 0.3 is 12.1 Å². The molecular formula is C19H30NO5PS2. The zero-order valence-corrected chi connectivity index (χ0v) is 19.6. The summed E-state index contributed by atoms with van der Waals surface area (Å²) in [5.41, 5.74) is -2.03. The molecule has 0 radical (unpaired) electrons. The first-order valence-electron chi connectivity index (χ1n) is 9.22. The van der Waals surface area contributed by atoms with Gasteiger partial charge in [0.1, 0.15) is 13.2 Å². The molecule has 0 spiro atoms. The van der Waals surface area contributed by atoms with E-state index in [0.717, 1.165) is 5.56 Å². The van der Waals surface area contributed by atoms with Crippen molar-refractivity contribution in [3.05, 3.63) is 35.9 Å². The van der Waals surface area contributed by atoms with Crippen LogP contribution in [0, 0.1) is 0 Å². The monoisotopic (exact) mass is 447 g/mol. The molecule has 0 N–H and O–H groups in total. The van der Waals surface area contributed by atoms with Gasteiger partial charge in [0.15, 0.2) is 0 Å². The lowest BCUT2D eigenvalue weighted by atomic mass is 10.2. The third-order valence-corrected chi connectivity index (χ3v) is 12.0. The lowest BCUT2D eigenvalue weighted by Gasteiger charge is -2.27. The Kier molecular flexibility index (Phi) is 11.1. The third kappa shape index (κ3) is 9.89. The summed E-state index contributed by atoms with van der Waals surface area (Å²) in [6.45, 7) is 9.54. The molecule has 0 saturated heterocycles. The quantitative estimate of drug-likeness (QED) is 0.322. The first-order valence-corrected chi connectivity index (χ1v) is 14.1. The summed E-state index contributed by atoms with van der Waals surface area (Å²) in [6, 6.07) is 9.27. The van der Waals surface area contributed by atoms with E-state index in [0.29, 0.717) is 0 Å². The van der Waals surface area contributed by atoms with Crippen LogP contribution in [-0.4, -0.2) is 46.9 Å². The van der Waals surface area contributed by atoms with Crippen molar-refractivity contribution in [1.29, 1.82) is 0 Å². The number of amides is 1. The van der Waals surface area contributed by atoms with Crippen LogP contribution in [0.1, 0.15) is 40.2 Å². The van der Waals surface area contributed by atoms with Crippen LogP contribution < -0.4 is 0 Å². The van der Waals surface area contributed by atoms with Crippen molar-refractivity contribution in [3.8, 4) is 0 Å². The smallest absolute Gasteiger partial charge is 0.411 e. The topological polar surface area (TPSA) is 72.9 Å². The van der Waals surface area contributed by atoms with Crippen molar-refractivity contribution in [2.45, 2.75) is 51.7 Å². The van der Waals surface area contributed by atoms with E-state index in [1.54, 1.807) is 6.92 Å². The minimum Gasteiger partial charge on any atom is -0.465 e. The van der Waals surface area contributed by atoms with Crippen molar-refractivity contribution in [2.75, 3.05) is 19.4 Å². The average molecular weight is 448 g/mol. The number of nitrogens with zero attached hydrogens (tertiary/aromatic N) is 1. The molecule has 6 nitrogen and oxygen atoms in total. The molecule has 9 heteroatoms. The fourth-order valence-corrected chi connectivity index (χ4v) is 13.2. The Balaban J connectivity index is 2.93. The van der Waals surface area contributed by atoms with Gasteiger partial charge in [-0.1, -0.05) is 80.8 Å². The normalized spacial score (nSPS) is 11.5. The van der Waals surface area contributed by atoms with Gasteiger partial charge in [0, 0.05) is 10.5 Å². The summed E-state index contributed by atoms with van der Waals surface area (Å²) in [4.78, 5) is 25.9. The fraction of sp³-hybridized carbons (Fsp3) is 0.579. The first-order chi connectivity index (χ1) is 13.1. The number of rotatable bonds is 11. The Hall–Kier alpha value is -1.11. The summed E-state index contributed by atoms with van der Waals surface area (Å²) >= 11 is 2.70. The molecule has 0 aliphatic heterocycles. The number of esters is 1. The van der Waals surface area contributed by atoms with E-state index in [9.17, 15) is 14.2 Å². The molecule has 0 aromatic heterocycles. The second-order valence-electron chi connectivity index (χ2n) is 6.60. The van der Waals surface area contributed by atoms with Crippen LogP contribution in [-0.2, 0) is 25.4 Å². The van der Waals surface area contributed by atoms with Gasteiger partial charge in [-0.15, -0.1) is 0 Å². The SMILES string of the molecule is CCOC(=O)CN(CP(=O)(SC(C)C)SC(C)C)C(=O)OCc1ccccc1. The van der Waals surface area contributed by atoms with E-state index in [4.69, 9.17) is 9.47 Å². The highest BCUT2D eigenvalue weighted by Crippen LogP contribution is 2.71. The predicted molar refractivity (Wildman–Crippen MR) is 118 cm³/mol. The molecule has 0 unspecified atom stereocenters. The van der Waals surface area contributed by atoms with E-state index in [1.165, 1.54) is 27.7 Å². The summed E-state index contributed by atoms with van der Waals surface area (Å²) < 4.78 is 23.8. The summed E-state index contributed by atoms with van der Waals surface area (Å²) in [6.07, 6.45) is -0.726. The Labute approximate surface area is 176 Å². The van der Waals surface area contributed by atoms with Crippen LogP contribution in [0.15, 0.2) is 30.3 Å². The van der Waals surface area contributed by atoms with Crippen LogP contribution in [0.5, 0.6) is 0 Å². The molecule has 1 aromatic carbocycles. The third-order valence-electron chi connectivity index (χ3n) is 3.18. The van der Waals surface area contributed by atoms with Gasteiger partial charge in [-0.25, -0.2) is 4.79 Å². The summed E-state index contributed by atoms with van der Waals surface area (Å²) in [5, 5.41) is 0.253. The van der Waals surface area contributed by atoms with Gasteiger partial charge < -0.3 is 9.47 Å². The van der Waals surface area contributed by atoms with Crippen LogP contribution in [0.3, 0.4) is 0 Å². The highest BCUT2D eigenvalue weighted by molar-refractivity contribution is 8.90. The number of benzene rings is 1. The fourth-order valence-electron chi connectivity index (χ4n) is 2.29. The Morgan fingerprint density at radius 2 is 1.61 bits per heavy atom. The van der Waals surface area contributed by atoms with E-state index in [1.807, 2.05) is 58.0 Å². The van der Waals surface area contributed by atoms with Crippen molar-refractivity contribution in [3.63, 3.8) is 0 Å². The minimum atomic E-state index is -2.86. The van der Waals surface area contributed by atoms with Crippen LogP contribution in [0.4, 0.5) is 4.79 Å². The van der Waals surface area contributed by atoms with Gasteiger partial charge in [0.2, 0.25) is 5.55 Å². The number of hydrogen-bond acceptors (Lipinski definition) is 7. The van der Waals surface area contributed by atoms with Crippen LogP contribution >= 0.6 is 28.3 Å². The van der Waals surface area contributed by atoms with Crippen molar-refractivity contribution >= 4 is 40.4 Å². The Morgan fingerprint density at radius 3 is 2.11 bits per heavy atom. The second-order valence-corrected chi connectivity index (χ2v) is 15.9. The maximum Gasteiger partial charge on any atom is 0.411 e. The van der Waals surface area contributed by atoms with Crippen molar-refractivity contribution in [2.24, 2.45) is 0 Å². The van der Waals surface area contributed by atoms with Gasteiger partial charge in [-0.2, -0.15) is 0 Å². The lowest BCUT2D eigenvalue weighted by molar-refractivity contribution is -0.143. The van der Waals surface area contributed by atoms with Crippen molar-refractivity contribution < 1.29 is 23.6 Å². The molecule has 0 saturated carbocycles. The zero-order valence-electron chi connectivity index (χ0n) is 17.1. The maximum absolute atomic E-state index is 13.5. The second kappa shape index (κ2) is 12.5. The molecule has 0 aliphatic carbocycles. The maximum atomic E-state index is 13.5. The van der Waals surface area contributed by atoms with E-state index in [-0.39, 0.29) is 36.5 Å². The molecule has 0 fully saturated rings. The lowest BCUT2D eigenvalue weighted by Crippen LogP contribution is -2.37. The molecular weight excluding hydrogens is 417 g/mol. The van der Waals surface area contributed by atoms with Gasteiger partial charge in [0.25, 0.3) is 0 Å². The number of carbonyl (C=O) groups excluding carboxylic acids is 2.